The van der Waals surface area contributed by atoms with Crippen LogP contribution in [0.25, 0.3) is 0 Å². The lowest BCUT2D eigenvalue weighted by Gasteiger charge is -2.08. The van der Waals surface area contributed by atoms with Crippen LogP contribution in [0.4, 0.5) is 0 Å². The molecule has 2 rings (SSSR count). The fourth-order valence-electron chi connectivity index (χ4n) is 0.702. The summed E-state index contributed by atoms with van der Waals surface area (Å²) < 4.78 is 14.5. The molecule has 0 unspecified atom stereocenters. The molecule has 6 nitrogen and oxygen atoms in total. The highest BCUT2D eigenvalue weighted by atomic mass is 31.2. The second-order valence-corrected chi connectivity index (χ2v) is 3.70. The summed E-state index contributed by atoms with van der Waals surface area (Å²) in [4.78, 5) is 25.2. The number of hydrogen-bond acceptors (Lipinski definition) is 4. The van der Waals surface area contributed by atoms with Gasteiger partial charge in [-0.25, -0.2) is 14.3 Å². The van der Waals surface area contributed by atoms with Crippen LogP contribution >= 0.6 is 7.82 Å². The Labute approximate surface area is 86.6 Å². The Bertz CT molecular complexity index is 313. The number of phosphoric acid groups is 1. The van der Waals surface area contributed by atoms with E-state index in [1.54, 1.807) is 18.2 Å². The number of rotatable bonds is 2. The molecule has 7 heteroatoms. The third-order valence-electron chi connectivity index (χ3n) is 1.30. The first-order valence-electron chi connectivity index (χ1n) is 4.12. The molecule has 15 heavy (non-hydrogen) atoms. The van der Waals surface area contributed by atoms with E-state index >= 15 is 0 Å². The minimum Gasteiger partial charge on any atom is -0.404 e. The summed E-state index contributed by atoms with van der Waals surface area (Å²) >= 11 is 0. The maximum absolute atomic E-state index is 10.3. The maximum atomic E-state index is 10.3. The van der Waals surface area contributed by atoms with Crippen LogP contribution in [0.2, 0.25) is 0 Å². The van der Waals surface area contributed by atoms with Crippen LogP contribution < -0.4 is 4.52 Å². The molecular formula is C8H11O6P. The van der Waals surface area contributed by atoms with Crippen molar-refractivity contribution in [2.75, 3.05) is 13.2 Å². The highest BCUT2D eigenvalue weighted by molar-refractivity contribution is 7.46. The normalized spacial score (nSPS) is 14.5. The largest absolute Gasteiger partial charge is 0.524 e. The molecule has 1 aliphatic heterocycles. The van der Waals surface area contributed by atoms with Gasteiger partial charge < -0.3 is 4.52 Å². The number of hydrogen-bond donors (Lipinski definition) is 2. The van der Waals surface area contributed by atoms with Crippen molar-refractivity contribution >= 4 is 7.82 Å². The van der Waals surface area contributed by atoms with Crippen molar-refractivity contribution in [2.45, 2.75) is 0 Å². The van der Waals surface area contributed by atoms with Gasteiger partial charge in [-0.1, -0.05) is 18.2 Å². The summed E-state index contributed by atoms with van der Waals surface area (Å²) in [5.41, 5.74) is 0. The maximum Gasteiger partial charge on any atom is 0.524 e. The zero-order chi connectivity index (χ0) is 11.1. The Morgan fingerprint density at radius 2 is 1.60 bits per heavy atom. The number of para-hydroxylation sites is 1. The van der Waals surface area contributed by atoms with Crippen molar-refractivity contribution in [1.82, 2.24) is 0 Å². The molecule has 0 aliphatic carbocycles. The first kappa shape index (κ1) is 12.2. The molecule has 0 amide bonds. The van der Waals surface area contributed by atoms with Gasteiger partial charge in [-0.3, -0.25) is 9.79 Å². The summed E-state index contributed by atoms with van der Waals surface area (Å²) in [7, 11) is -4.39. The topological polar surface area (TPSA) is 85.2 Å². The lowest BCUT2D eigenvalue weighted by atomic mass is 10.3. The van der Waals surface area contributed by atoms with E-state index in [4.69, 9.17) is 9.79 Å². The summed E-state index contributed by atoms with van der Waals surface area (Å²) in [5, 5.41) is 0. The summed E-state index contributed by atoms with van der Waals surface area (Å²) in [6.07, 6.45) is 0. The lowest BCUT2D eigenvalue weighted by Crippen LogP contribution is -2.14. The molecule has 0 aromatic heterocycles. The third kappa shape index (κ3) is 6.22. The van der Waals surface area contributed by atoms with Crippen LogP contribution in [0.3, 0.4) is 0 Å². The van der Waals surface area contributed by atoms with Gasteiger partial charge in [-0.05, 0) is 12.1 Å². The van der Waals surface area contributed by atoms with E-state index in [2.05, 4.69) is 14.3 Å². The van der Waals surface area contributed by atoms with E-state index in [0.717, 1.165) is 13.2 Å². The zero-order valence-electron chi connectivity index (χ0n) is 7.78. The van der Waals surface area contributed by atoms with Crippen molar-refractivity contribution < 1.29 is 28.7 Å². The molecule has 1 aromatic carbocycles. The molecule has 84 valence electrons. The van der Waals surface area contributed by atoms with Crippen LogP contribution in [0.1, 0.15) is 0 Å². The van der Waals surface area contributed by atoms with Gasteiger partial charge in [0.1, 0.15) is 19.0 Å². The van der Waals surface area contributed by atoms with E-state index in [9.17, 15) is 4.57 Å². The third-order valence-corrected chi connectivity index (χ3v) is 1.75. The Hall–Kier alpha value is -0.910. The van der Waals surface area contributed by atoms with Crippen molar-refractivity contribution in [3.63, 3.8) is 0 Å². The summed E-state index contributed by atoms with van der Waals surface area (Å²) in [6.45, 7) is 1.56. The minimum atomic E-state index is -4.39. The molecular weight excluding hydrogens is 223 g/mol. The SMILES string of the molecule is C1COO1.O=P(O)(O)Oc1ccccc1. The molecule has 0 spiro atoms. The van der Waals surface area contributed by atoms with Gasteiger partial charge in [0.15, 0.2) is 0 Å². The van der Waals surface area contributed by atoms with E-state index in [-0.39, 0.29) is 5.75 Å². The van der Waals surface area contributed by atoms with E-state index in [1.807, 2.05) is 0 Å². The first-order chi connectivity index (χ1) is 7.08. The number of phosphoric ester groups is 1. The molecule has 0 saturated carbocycles. The van der Waals surface area contributed by atoms with Gasteiger partial charge in [0.05, 0.1) is 0 Å². The van der Waals surface area contributed by atoms with Crippen molar-refractivity contribution in [3.8, 4) is 5.75 Å². The van der Waals surface area contributed by atoms with Crippen LogP contribution in [0.5, 0.6) is 5.75 Å². The molecule has 0 radical (unpaired) electrons. The Balaban J connectivity index is 0.000000234. The van der Waals surface area contributed by atoms with Gasteiger partial charge in [-0.15, -0.1) is 0 Å². The highest BCUT2D eigenvalue weighted by Crippen LogP contribution is 2.36. The quantitative estimate of drug-likeness (QED) is 0.588. The van der Waals surface area contributed by atoms with Crippen molar-refractivity contribution in [3.05, 3.63) is 30.3 Å². The first-order valence-corrected chi connectivity index (χ1v) is 5.65. The molecule has 2 N–H and O–H groups in total. The monoisotopic (exact) mass is 234 g/mol. The van der Waals surface area contributed by atoms with Crippen LogP contribution in [-0.2, 0) is 14.3 Å². The predicted octanol–water partition coefficient (Wildman–Crippen LogP) is 1.11. The summed E-state index contributed by atoms with van der Waals surface area (Å²) in [6, 6.07) is 7.93. The summed E-state index contributed by atoms with van der Waals surface area (Å²) in [5.74, 6) is 0.167. The highest BCUT2D eigenvalue weighted by Gasteiger charge is 2.14. The fourth-order valence-corrected chi connectivity index (χ4v) is 1.10. The second-order valence-electron chi connectivity index (χ2n) is 2.54. The van der Waals surface area contributed by atoms with E-state index in [1.165, 1.54) is 12.1 Å². The molecule has 1 heterocycles. The average molecular weight is 234 g/mol. The van der Waals surface area contributed by atoms with Crippen molar-refractivity contribution in [1.29, 1.82) is 0 Å². The van der Waals surface area contributed by atoms with Gasteiger partial charge in [0.2, 0.25) is 0 Å². The van der Waals surface area contributed by atoms with E-state index in [0.29, 0.717) is 0 Å². The molecule has 1 fully saturated rings. The van der Waals surface area contributed by atoms with Gasteiger partial charge in [-0.2, -0.15) is 0 Å². The molecule has 1 aliphatic rings. The standard InChI is InChI=1S/C6H7O4P.C2H4O2/c7-11(8,9)10-6-4-2-1-3-5-6;1-2-4-3-1/h1-5H,(H2,7,8,9);1-2H2. The molecule has 1 aromatic rings. The van der Waals surface area contributed by atoms with E-state index < -0.39 is 7.82 Å². The zero-order valence-corrected chi connectivity index (χ0v) is 8.67. The average Bonchev–Trinajstić information content (AvgIpc) is 1.99. The Kier molecular flexibility index (Phi) is 4.74. The number of benzene rings is 1. The van der Waals surface area contributed by atoms with Crippen LogP contribution in [0.15, 0.2) is 30.3 Å². The second kappa shape index (κ2) is 5.85. The lowest BCUT2D eigenvalue weighted by molar-refractivity contribution is -0.382. The Morgan fingerprint density at radius 1 is 1.13 bits per heavy atom. The fraction of sp³-hybridized carbons (Fsp3) is 0.250. The molecule has 0 atom stereocenters. The minimum absolute atomic E-state index is 0.167. The van der Waals surface area contributed by atoms with Gasteiger partial charge in [0.25, 0.3) is 0 Å². The van der Waals surface area contributed by atoms with Crippen LogP contribution in [0, 0.1) is 0 Å². The van der Waals surface area contributed by atoms with Gasteiger partial charge in [0, 0.05) is 0 Å². The molecule has 0 bridgehead atoms. The van der Waals surface area contributed by atoms with Crippen LogP contribution in [-0.4, -0.2) is 23.0 Å². The van der Waals surface area contributed by atoms with Gasteiger partial charge >= 0.3 is 7.82 Å². The smallest absolute Gasteiger partial charge is 0.404 e. The predicted molar refractivity (Wildman–Crippen MR) is 51.0 cm³/mol. The molecule has 1 saturated heterocycles. The Morgan fingerprint density at radius 3 is 1.93 bits per heavy atom. The van der Waals surface area contributed by atoms with Crippen molar-refractivity contribution in [2.24, 2.45) is 0 Å².